The molecule has 0 aliphatic heterocycles. The molecule has 14 heavy (non-hydrogen) atoms. The van der Waals surface area contributed by atoms with Crippen LogP contribution in [0.3, 0.4) is 0 Å². The van der Waals surface area contributed by atoms with Crippen molar-refractivity contribution < 1.29 is 4.79 Å². The number of nitrogens with one attached hydrogen (secondary N) is 1. The molecular formula is C8H12N4OS. The van der Waals surface area contributed by atoms with Crippen molar-refractivity contribution in [3.05, 3.63) is 18.2 Å². The zero-order chi connectivity index (χ0) is 10.6. The Hall–Kier alpha value is -1.43. The Morgan fingerprint density at radius 2 is 2.50 bits per heavy atom. The van der Waals surface area contributed by atoms with Crippen LogP contribution in [0.1, 0.15) is 12.2 Å². The summed E-state index contributed by atoms with van der Waals surface area (Å²) in [6.45, 7) is 0.439. The van der Waals surface area contributed by atoms with Crippen molar-refractivity contribution in [1.29, 1.82) is 0 Å². The first-order valence-corrected chi connectivity index (χ1v) is 4.51. The van der Waals surface area contributed by atoms with Gasteiger partial charge in [-0.25, -0.2) is 4.98 Å². The number of aromatic amines is 1. The lowest BCUT2D eigenvalue weighted by atomic mass is 10.3. The van der Waals surface area contributed by atoms with E-state index in [1.165, 1.54) is 4.90 Å². The topological polar surface area (TPSA) is 75.0 Å². The molecule has 0 aromatic carbocycles. The number of thiocarbonyl (C=S) groups is 1. The van der Waals surface area contributed by atoms with E-state index in [1.54, 1.807) is 19.4 Å². The molecule has 0 fully saturated rings. The van der Waals surface area contributed by atoms with E-state index in [4.69, 9.17) is 5.73 Å². The van der Waals surface area contributed by atoms with Gasteiger partial charge in [-0.3, -0.25) is 4.79 Å². The molecule has 0 bridgehead atoms. The van der Waals surface area contributed by atoms with Gasteiger partial charge in [0.2, 0.25) is 5.91 Å². The fourth-order valence-electron chi connectivity index (χ4n) is 0.981. The molecule has 0 saturated carbocycles. The Balaban J connectivity index is 2.46. The smallest absolute Gasteiger partial charge is 0.229 e. The van der Waals surface area contributed by atoms with Gasteiger partial charge in [-0.1, -0.05) is 12.2 Å². The minimum absolute atomic E-state index is 0.103. The number of nitrogens with zero attached hydrogens (tertiary/aromatic N) is 2. The normalized spacial score (nSPS) is 9.79. The van der Waals surface area contributed by atoms with Crippen LogP contribution in [-0.4, -0.2) is 32.8 Å². The molecule has 0 atom stereocenters. The van der Waals surface area contributed by atoms with Gasteiger partial charge in [0.1, 0.15) is 5.82 Å². The van der Waals surface area contributed by atoms with Gasteiger partial charge >= 0.3 is 0 Å². The summed E-state index contributed by atoms with van der Waals surface area (Å²) in [7, 11) is 1.68. The van der Waals surface area contributed by atoms with Gasteiger partial charge < -0.3 is 15.6 Å². The van der Waals surface area contributed by atoms with Crippen LogP contribution in [0.5, 0.6) is 0 Å². The molecule has 1 aromatic heterocycles. The molecule has 0 spiro atoms. The standard InChI is InChI=1S/C8H12N4OS/c1-12(8(13)4-6(9)14)5-7-10-2-3-11-7/h2-3H,4-5H2,1H3,(H2,9,14)(H,10,11). The van der Waals surface area contributed by atoms with Gasteiger partial charge in [-0.2, -0.15) is 0 Å². The lowest BCUT2D eigenvalue weighted by Crippen LogP contribution is -2.30. The number of carbonyl (C=O) groups is 1. The Labute approximate surface area is 87.3 Å². The van der Waals surface area contributed by atoms with Crippen molar-refractivity contribution in [3.8, 4) is 0 Å². The molecule has 0 unspecified atom stereocenters. The maximum atomic E-state index is 11.4. The molecule has 1 aromatic rings. The summed E-state index contributed by atoms with van der Waals surface area (Å²) in [6.07, 6.45) is 3.45. The Morgan fingerprint density at radius 1 is 1.79 bits per heavy atom. The van der Waals surface area contributed by atoms with Crippen molar-refractivity contribution in [1.82, 2.24) is 14.9 Å². The van der Waals surface area contributed by atoms with Crippen molar-refractivity contribution in [2.75, 3.05) is 7.05 Å². The minimum Gasteiger partial charge on any atom is -0.393 e. The summed E-state index contributed by atoms with van der Waals surface area (Å²) in [4.78, 5) is 20.0. The zero-order valence-electron chi connectivity index (χ0n) is 7.86. The van der Waals surface area contributed by atoms with Crippen LogP contribution in [0.4, 0.5) is 0 Å². The van der Waals surface area contributed by atoms with Crippen molar-refractivity contribution >= 4 is 23.1 Å². The Morgan fingerprint density at radius 3 is 3.00 bits per heavy atom. The van der Waals surface area contributed by atoms with Crippen LogP contribution in [-0.2, 0) is 11.3 Å². The van der Waals surface area contributed by atoms with E-state index in [2.05, 4.69) is 22.2 Å². The van der Waals surface area contributed by atoms with Crippen LogP contribution in [0.15, 0.2) is 12.4 Å². The third kappa shape index (κ3) is 3.14. The molecule has 0 radical (unpaired) electrons. The third-order valence-electron chi connectivity index (χ3n) is 1.69. The van der Waals surface area contributed by atoms with E-state index in [-0.39, 0.29) is 17.3 Å². The summed E-state index contributed by atoms with van der Waals surface area (Å²) < 4.78 is 0. The summed E-state index contributed by atoms with van der Waals surface area (Å²) in [5.41, 5.74) is 5.27. The van der Waals surface area contributed by atoms with Crippen LogP contribution in [0.2, 0.25) is 0 Å². The molecule has 3 N–H and O–H groups in total. The van der Waals surface area contributed by atoms with E-state index in [0.717, 1.165) is 5.82 Å². The SMILES string of the molecule is CN(Cc1ncc[nH]1)C(=O)CC(N)=S. The fraction of sp³-hybridized carbons (Fsp3) is 0.375. The number of hydrogen-bond acceptors (Lipinski definition) is 3. The Kier molecular flexibility index (Phi) is 3.58. The zero-order valence-corrected chi connectivity index (χ0v) is 8.67. The van der Waals surface area contributed by atoms with Crippen LogP contribution >= 0.6 is 12.2 Å². The molecule has 1 rings (SSSR count). The number of aromatic nitrogens is 2. The molecule has 1 amide bonds. The summed E-state index contributed by atoms with van der Waals surface area (Å²) in [5.74, 6) is 0.637. The second-order valence-electron chi connectivity index (χ2n) is 2.93. The first kappa shape index (κ1) is 10.6. The summed E-state index contributed by atoms with van der Waals surface area (Å²) >= 11 is 4.65. The second kappa shape index (κ2) is 4.71. The molecule has 76 valence electrons. The number of hydrogen-bond donors (Lipinski definition) is 2. The third-order valence-corrected chi connectivity index (χ3v) is 1.84. The number of H-pyrrole nitrogens is 1. The molecule has 6 heteroatoms. The largest absolute Gasteiger partial charge is 0.393 e. The van der Waals surface area contributed by atoms with E-state index in [1.807, 2.05) is 0 Å². The van der Waals surface area contributed by atoms with Gasteiger partial charge in [0.25, 0.3) is 0 Å². The van der Waals surface area contributed by atoms with Gasteiger partial charge in [0.15, 0.2) is 0 Å². The predicted octanol–water partition coefficient (Wildman–Crippen LogP) is 0.0443. The number of amides is 1. The second-order valence-corrected chi connectivity index (χ2v) is 3.45. The van der Waals surface area contributed by atoms with Crippen molar-refractivity contribution in [2.45, 2.75) is 13.0 Å². The number of carbonyl (C=O) groups excluding carboxylic acids is 1. The predicted molar refractivity (Wildman–Crippen MR) is 56.5 cm³/mol. The molecular weight excluding hydrogens is 200 g/mol. The molecule has 1 heterocycles. The highest BCUT2D eigenvalue weighted by molar-refractivity contribution is 7.80. The monoisotopic (exact) mass is 212 g/mol. The van der Waals surface area contributed by atoms with Crippen molar-refractivity contribution in [2.24, 2.45) is 5.73 Å². The summed E-state index contributed by atoms with van der Waals surface area (Å²) in [6, 6.07) is 0. The van der Waals surface area contributed by atoms with Gasteiger partial charge in [-0.05, 0) is 0 Å². The number of nitrogens with two attached hydrogens (primary N) is 1. The highest BCUT2D eigenvalue weighted by Crippen LogP contribution is 1.98. The van der Waals surface area contributed by atoms with Crippen LogP contribution in [0, 0.1) is 0 Å². The molecule has 0 saturated heterocycles. The lowest BCUT2D eigenvalue weighted by molar-refractivity contribution is -0.129. The van der Waals surface area contributed by atoms with Gasteiger partial charge in [0, 0.05) is 19.4 Å². The first-order valence-electron chi connectivity index (χ1n) is 4.10. The molecule has 0 aliphatic carbocycles. The van der Waals surface area contributed by atoms with E-state index in [9.17, 15) is 4.79 Å². The quantitative estimate of drug-likeness (QED) is 0.691. The van der Waals surface area contributed by atoms with E-state index >= 15 is 0 Å². The number of rotatable bonds is 4. The maximum absolute atomic E-state index is 11.4. The highest BCUT2D eigenvalue weighted by Gasteiger charge is 2.10. The fourth-order valence-corrected chi connectivity index (χ4v) is 1.10. The summed E-state index contributed by atoms with van der Waals surface area (Å²) in [5, 5.41) is 0. The van der Waals surface area contributed by atoms with Gasteiger partial charge in [-0.15, -0.1) is 0 Å². The average Bonchev–Trinajstić information content (AvgIpc) is 2.55. The average molecular weight is 212 g/mol. The van der Waals surface area contributed by atoms with E-state index < -0.39 is 0 Å². The van der Waals surface area contributed by atoms with Gasteiger partial charge in [0.05, 0.1) is 18.0 Å². The highest BCUT2D eigenvalue weighted by atomic mass is 32.1. The first-order chi connectivity index (χ1) is 6.59. The minimum atomic E-state index is -0.103. The molecule has 5 nitrogen and oxygen atoms in total. The van der Waals surface area contributed by atoms with Crippen molar-refractivity contribution in [3.63, 3.8) is 0 Å². The lowest BCUT2D eigenvalue weighted by Gasteiger charge is -2.14. The Bertz CT molecular complexity index is 322. The molecule has 0 aliphatic rings. The maximum Gasteiger partial charge on any atom is 0.229 e. The van der Waals surface area contributed by atoms with Crippen LogP contribution < -0.4 is 5.73 Å². The number of imidazole rings is 1. The van der Waals surface area contributed by atoms with Crippen LogP contribution in [0.25, 0.3) is 0 Å². The van der Waals surface area contributed by atoms with E-state index in [0.29, 0.717) is 6.54 Å².